The topological polar surface area (TPSA) is 48.1 Å². The summed E-state index contributed by atoms with van der Waals surface area (Å²) in [5.74, 6) is -0.0378. The number of hydrogen-bond acceptors (Lipinski definition) is 3. The van der Waals surface area contributed by atoms with Crippen molar-refractivity contribution >= 4 is 34.6 Å². The molecule has 4 nitrogen and oxygen atoms in total. The zero-order valence-corrected chi connectivity index (χ0v) is 18.2. The van der Waals surface area contributed by atoms with Crippen molar-refractivity contribution in [1.82, 2.24) is 9.88 Å². The van der Waals surface area contributed by atoms with Crippen molar-refractivity contribution in [3.8, 4) is 10.4 Å². The molecule has 0 saturated heterocycles. The van der Waals surface area contributed by atoms with Gasteiger partial charge in [-0.25, -0.2) is 0 Å². The maximum atomic E-state index is 12.7. The average Bonchev–Trinajstić information content (AvgIpc) is 3.37. The van der Waals surface area contributed by atoms with Crippen LogP contribution in [0.3, 0.4) is 0 Å². The van der Waals surface area contributed by atoms with Crippen LogP contribution in [-0.2, 0) is 11.2 Å². The Morgan fingerprint density at radius 2 is 2.00 bits per heavy atom. The van der Waals surface area contributed by atoms with E-state index in [1.165, 1.54) is 21.7 Å². The summed E-state index contributed by atoms with van der Waals surface area (Å²) >= 11 is 1.70. The third kappa shape index (κ3) is 3.93. The molecule has 0 spiro atoms. The number of thiophene rings is 1. The first-order valence-electron chi connectivity index (χ1n) is 9.98. The molecule has 1 aliphatic heterocycles. The molecule has 0 bridgehead atoms. The van der Waals surface area contributed by atoms with Crippen LogP contribution in [-0.4, -0.2) is 36.4 Å². The van der Waals surface area contributed by atoms with Crippen molar-refractivity contribution in [2.45, 2.75) is 26.7 Å². The Balaban J connectivity index is 1.64. The highest BCUT2D eigenvalue weighted by Crippen LogP contribution is 2.37. The molecule has 29 heavy (non-hydrogen) atoms. The molecule has 5 heteroatoms. The first-order valence-corrected chi connectivity index (χ1v) is 10.9. The van der Waals surface area contributed by atoms with Gasteiger partial charge in [-0.05, 0) is 87.6 Å². The van der Waals surface area contributed by atoms with Gasteiger partial charge in [0.2, 0.25) is 0 Å². The lowest BCUT2D eigenvalue weighted by molar-refractivity contribution is -0.110. The molecule has 0 fully saturated rings. The number of H-pyrrole nitrogens is 1. The first-order chi connectivity index (χ1) is 13.9. The number of fused-ring (bicyclic) bond motifs is 1. The van der Waals surface area contributed by atoms with E-state index in [1.54, 1.807) is 11.3 Å². The predicted molar refractivity (Wildman–Crippen MR) is 123 cm³/mol. The van der Waals surface area contributed by atoms with Gasteiger partial charge in [-0.3, -0.25) is 4.79 Å². The van der Waals surface area contributed by atoms with Crippen molar-refractivity contribution in [2.24, 2.45) is 0 Å². The second kappa shape index (κ2) is 8.01. The summed E-state index contributed by atoms with van der Waals surface area (Å²) in [6, 6.07) is 10.4. The second-order valence-corrected chi connectivity index (χ2v) is 8.87. The van der Waals surface area contributed by atoms with Gasteiger partial charge in [0.05, 0.1) is 5.57 Å². The van der Waals surface area contributed by atoms with Gasteiger partial charge >= 0.3 is 0 Å². The molecule has 1 aliphatic rings. The molecule has 0 saturated carbocycles. The van der Waals surface area contributed by atoms with E-state index in [1.807, 2.05) is 12.1 Å². The van der Waals surface area contributed by atoms with Crippen LogP contribution in [0.1, 0.15) is 34.5 Å². The zero-order chi connectivity index (χ0) is 20.5. The number of aromatic amines is 1. The van der Waals surface area contributed by atoms with Crippen LogP contribution in [0, 0.1) is 13.8 Å². The van der Waals surface area contributed by atoms with Crippen LogP contribution in [0.15, 0.2) is 35.7 Å². The number of amides is 1. The van der Waals surface area contributed by atoms with Crippen molar-refractivity contribution < 1.29 is 4.79 Å². The standard InChI is InChI=1S/C24H27N3OS/c1-15-18(7-5-11-27(3)4)16(2)25-21(15)14-20-19-10-9-17(23-8-6-12-29-23)13-22(19)26-24(20)28/h6,8-10,12-14,25H,5,7,11H2,1-4H3,(H,26,28)/b20-14-. The van der Waals surface area contributed by atoms with Gasteiger partial charge in [0, 0.05) is 27.5 Å². The molecule has 150 valence electrons. The normalized spacial score (nSPS) is 14.7. The van der Waals surface area contributed by atoms with Gasteiger partial charge in [0.25, 0.3) is 5.91 Å². The van der Waals surface area contributed by atoms with Crippen LogP contribution in [0.25, 0.3) is 22.1 Å². The molecule has 0 atom stereocenters. The molecule has 3 aromatic rings. The van der Waals surface area contributed by atoms with Crippen LogP contribution < -0.4 is 5.32 Å². The molecular weight excluding hydrogens is 378 g/mol. The van der Waals surface area contributed by atoms with Crippen LogP contribution in [0.5, 0.6) is 0 Å². The smallest absolute Gasteiger partial charge is 0.256 e. The Bertz CT molecular complexity index is 1070. The third-order valence-electron chi connectivity index (χ3n) is 5.56. The molecule has 0 aliphatic carbocycles. The van der Waals surface area contributed by atoms with E-state index in [0.29, 0.717) is 0 Å². The maximum Gasteiger partial charge on any atom is 0.256 e. The quantitative estimate of drug-likeness (QED) is 0.543. The Labute approximate surface area is 176 Å². The number of nitrogens with one attached hydrogen (secondary N) is 2. The van der Waals surface area contributed by atoms with Crippen LogP contribution in [0.4, 0.5) is 5.69 Å². The van der Waals surface area contributed by atoms with E-state index in [4.69, 9.17) is 0 Å². The summed E-state index contributed by atoms with van der Waals surface area (Å²) in [6.45, 7) is 5.34. The van der Waals surface area contributed by atoms with Crippen molar-refractivity contribution in [3.63, 3.8) is 0 Å². The van der Waals surface area contributed by atoms with E-state index in [2.05, 4.69) is 72.8 Å². The number of benzene rings is 1. The molecule has 0 radical (unpaired) electrons. The van der Waals surface area contributed by atoms with Gasteiger partial charge < -0.3 is 15.2 Å². The van der Waals surface area contributed by atoms with E-state index in [-0.39, 0.29) is 5.91 Å². The Kier molecular flexibility index (Phi) is 5.43. The highest BCUT2D eigenvalue weighted by molar-refractivity contribution is 7.13. The third-order valence-corrected chi connectivity index (χ3v) is 6.48. The van der Waals surface area contributed by atoms with Gasteiger partial charge in [-0.1, -0.05) is 18.2 Å². The molecule has 2 aromatic heterocycles. The highest BCUT2D eigenvalue weighted by Gasteiger charge is 2.25. The number of aryl methyl sites for hydroxylation is 1. The summed E-state index contributed by atoms with van der Waals surface area (Å²) in [4.78, 5) is 19.6. The van der Waals surface area contributed by atoms with Crippen molar-refractivity contribution in [1.29, 1.82) is 0 Å². The van der Waals surface area contributed by atoms with E-state index in [9.17, 15) is 4.79 Å². The zero-order valence-electron chi connectivity index (χ0n) is 17.4. The molecule has 1 aromatic carbocycles. The second-order valence-electron chi connectivity index (χ2n) is 7.92. The summed E-state index contributed by atoms with van der Waals surface area (Å²) < 4.78 is 0. The monoisotopic (exact) mass is 405 g/mol. The molecule has 2 N–H and O–H groups in total. The van der Waals surface area contributed by atoms with Gasteiger partial charge in [0.15, 0.2) is 0 Å². The Hall–Kier alpha value is -2.63. The number of aromatic nitrogens is 1. The summed E-state index contributed by atoms with van der Waals surface area (Å²) in [7, 11) is 4.21. The maximum absolute atomic E-state index is 12.7. The average molecular weight is 406 g/mol. The SMILES string of the molecule is Cc1[nH]c(/C=C2\C(=O)Nc3cc(-c4cccs4)ccc32)c(C)c1CCCN(C)C. The minimum absolute atomic E-state index is 0.0378. The van der Waals surface area contributed by atoms with Gasteiger partial charge in [0.1, 0.15) is 0 Å². The fourth-order valence-corrected chi connectivity index (χ4v) is 4.71. The largest absolute Gasteiger partial charge is 0.359 e. The van der Waals surface area contributed by atoms with Gasteiger partial charge in [-0.15, -0.1) is 11.3 Å². The molecule has 3 heterocycles. The number of nitrogens with zero attached hydrogens (tertiary/aromatic N) is 1. The number of hydrogen-bond donors (Lipinski definition) is 2. The van der Waals surface area contributed by atoms with E-state index >= 15 is 0 Å². The minimum atomic E-state index is -0.0378. The number of carbonyl (C=O) groups excluding carboxylic acids is 1. The number of carbonyl (C=O) groups is 1. The fraction of sp³-hybridized carbons (Fsp3) is 0.292. The lowest BCUT2D eigenvalue weighted by Crippen LogP contribution is -2.13. The molecule has 4 rings (SSSR count). The van der Waals surface area contributed by atoms with Gasteiger partial charge in [-0.2, -0.15) is 0 Å². The molecular formula is C24H27N3OS. The fourth-order valence-electron chi connectivity index (χ4n) is 3.98. The Morgan fingerprint density at radius 1 is 1.17 bits per heavy atom. The lowest BCUT2D eigenvalue weighted by Gasteiger charge is -2.09. The number of rotatable bonds is 6. The number of anilines is 1. The lowest BCUT2D eigenvalue weighted by atomic mass is 10.0. The summed E-state index contributed by atoms with van der Waals surface area (Å²) in [6.07, 6.45) is 4.17. The minimum Gasteiger partial charge on any atom is -0.359 e. The van der Waals surface area contributed by atoms with Crippen LogP contribution >= 0.6 is 11.3 Å². The van der Waals surface area contributed by atoms with Crippen molar-refractivity contribution in [2.75, 3.05) is 26.0 Å². The first kappa shape index (κ1) is 19.7. The van der Waals surface area contributed by atoms with Crippen molar-refractivity contribution in [3.05, 3.63) is 63.8 Å². The highest BCUT2D eigenvalue weighted by atomic mass is 32.1. The molecule has 1 amide bonds. The van der Waals surface area contributed by atoms with Crippen LogP contribution in [0.2, 0.25) is 0 Å². The predicted octanol–water partition coefficient (Wildman–Crippen LogP) is 5.35. The van der Waals surface area contributed by atoms with E-state index in [0.717, 1.165) is 47.5 Å². The molecule has 0 unspecified atom stereocenters. The Morgan fingerprint density at radius 3 is 2.72 bits per heavy atom. The van der Waals surface area contributed by atoms with E-state index < -0.39 is 0 Å². The summed E-state index contributed by atoms with van der Waals surface area (Å²) in [5, 5.41) is 5.10. The summed E-state index contributed by atoms with van der Waals surface area (Å²) in [5.41, 5.74) is 8.55.